The van der Waals surface area contributed by atoms with Crippen molar-refractivity contribution in [2.75, 3.05) is 7.11 Å². The third-order valence-electron chi connectivity index (χ3n) is 3.84. The minimum atomic E-state index is -0.118. The highest BCUT2D eigenvalue weighted by molar-refractivity contribution is 9.10. The number of fused-ring (bicyclic) bond motifs is 1. The van der Waals surface area contributed by atoms with Gasteiger partial charge < -0.3 is 4.74 Å². The second-order valence-electron chi connectivity index (χ2n) is 5.36. The monoisotopic (exact) mass is 383 g/mol. The summed E-state index contributed by atoms with van der Waals surface area (Å²) in [6.07, 6.45) is 0. The number of aromatic nitrogens is 2. The number of ether oxygens (including phenoxy) is 1. The van der Waals surface area contributed by atoms with Crippen LogP contribution in [0.15, 0.2) is 45.7 Å². The van der Waals surface area contributed by atoms with Gasteiger partial charge in [0, 0.05) is 0 Å². The smallest absolute Gasteiger partial charge is 0.261 e. The molecule has 0 bridgehead atoms. The molecule has 0 saturated carbocycles. The average molecular weight is 384 g/mol. The minimum absolute atomic E-state index is 0.118. The van der Waals surface area contributed by atoms with Crippen molar-refractivity contribution in [1.82, 2.24) is 9.55 Å². The minimum Gasteiger partial charge on any atom is -0.496 e. The largest absolute Gasteiger partial charge is 0.496 e. The Morgan fingerprint density at radius 2 is 2.00 bits per heavy atom. The Bertz CT molecular complexity index is 1020. The Morgan fingerprint density at radius 3 is 2.62 bits per heavy atom. The SMILES string of the molecule is COc1cc2c(=O)n(Cc3ccc(C#N)cc3)c(C)nc2cc1Br. The standard InChI is InChI=1S/C18H14BrN3O2/c1-11-21-16-8-15(19)17(24-2)7-14(16)18(23)22(11)10-13-5-3-12(9-20)4-6-13/h3-8H,10H2,1-2H3. The maximum absolute atomic E-state index is 12.9. The average Bonchev–Trinajstić information content (AvgIpc) is 2.59. The van der Waals surface area contributed by atoms with Crippen LogP contribution in [0.2, 0.25) is 0 Å². The third-order valence-corrected chi connectivity index (χ3v) is 4.46. The summed E-state index contributed by atoms with van der Waals surface area (Å²) in [4.78, 5) is 17.4. The summed E-state index contributed by atoms with van der Waals surface area (Å²) < 4.78 is 7.65. The fraction of sp³-hybridized carbons (Fsp3) is 0.167. The van der Waals surface area contributed by atoms with E-state index in [9.17, 15) is 4.79 Å². The van der Waals surface area contributed by atoms with Crippen LogP contribution in [0, 0.1) is 18.3 Å². The molecule has 0 fully saturated rings. The molecule has 120 valence electrons. The lowest BCUT2D eigenvalue weighted by atomic mass is 10.1. The predicted molar refractivity (Wildman–Crippen MR) is 95.3 cm³/mol. The number of hydrogen-bond donors (Lipinski definition) is 0. The van der Waals surface area contributed by atoms with Crippen molar-refractivity contribution in [3.05, 3.63) is 68.2 Å². The zero-order valence-corrected chi connectivity index (χ0v) is 14.8. The number of rotatable bonds is 3. The molecule has 0 amide bonds. The van der Waals surface area contributed by atoms with Gasteiger partial charge in [0.15, 0.2) is 0 Å². The number of aryl methyl sites for hydroxylation is 1. The van der Waals surface area contributed by atoms with Crippen LogP contribution in [0.1, 0.15) is 17.0 Å². The van der Waals surface area contributed by atoms with Gasteiger partial charge in [0.1, 0.15) is 11.6 Å². The lowest BCUT2D eigenvalue weighted by Gasteiger charge is -2.12. The quantitative estimate of drug-likeness (QED) is 0.694. The number of halogens is 1. The fourth-order valence-electron chi connectivity index (χ4n) is 2.54. The van der Waals surface area contributed by atoms with Gasteiger partial charge in [-0.15, -0.1) is 0 Å². The lowest BCUT2D eigenvalue weighted by Crippen LogP contribution is -2.24. The van der Waals surface area contributed by atoms with Gasteiger partial charge >= 0.3 is 0 Å². The molecule has 0 aliphatic rings. The summed E-state index contributed by atoms with van der Waals surface area (Å²) in [5.74, 6) is 1.23. The van der Waals surface area contributed by atoms with Gasteiger partial charge in [0.25, 0.3) is 5.56 Å². The fourth-order valence-corrected chi connectivity index (χ4v) is 3.04. The molecule has 0 aliphatic carbocycles. The topological polar surface area (TPSA) is 67.9 Å². The molecule has 1 aromatic heterocycles. The van der Waals surface area contributed by atoms with Crippen LogP contribution in [0.3, 0.4) is 0 Å². The van der Waals surface area contributed by atoms with Gasteiger partial charge in [-0.05, 0) is 52.7 Å². The lowest BCUT2D eigenvalue weighted by molar-refractivity contribution is 0.412. The molecule has 0 spiro atoms. The van der Waals surface area contributed by atoms with E-state index in [0.29, 0.717) is 34.6 Å². The molecule has 0 radical (unpaired) electrons. The summed E-state index contributed by atoms with van der Waals surface area (Å²) >= 11 is 3.41. The van der Waals surface area contributed by atoms with Crippen molar-refractivity contribution in [1.29, 1.82) is 5.26 Å². The van der Waals surface area contributed by atoms with Crippen LogP contribution in [0.4, 0.5) is 0 Å². The van der Waals surface area contributed by atoms with Crippen LogP contribution in [-0.4, -0.2) is 16.7 Å². The van der Waals surface area contributed by atoms with E-state index in [-0.39, 0.29) is 5.56 Å². The van der Waals surface area contributed by atoms with E-state index >= 15 is 0 Å². The van der Waals surface area contributed by atoms with Gasteiger partial charge in [-0.2, -0.15) is 5.26 Å². The summed E-state index contributed by atoms with van der Waals surface area (Å²) in [5.41, 5.74) is 2.03. The van der Waals surface area contributed by atoms with Crippen molar-refractivity contribution in [3.63, 3.8) is 0 Å². The van der Waals surface area contributed by atoms with E-state index in [0.717, 1.165) is 10.0 Å². The first-order chi connectivity index (χ1) is 11.5. The normalized spacial score (nSPS) is 10.6. The zero-order chi connectivity index (χ0) is 17.3. The third kappa shape index (κ3) is 2.91. The molecule has 6 heteroatoms. The first kappa shape index (κ1) is 16.2. The Labute approximate surface area is 147 Å². The van der Waals surface area contributed by atoms with Crippen molar-refractivity contribution in [3.8, 4) is 11.8 Å². The first-order valence-corrected chi connectivity index (χ1v) is 8.06. The Kier molecular flexibility index (Phi) is 4.36. The molecule has 0 saturated heterocycles. The molecule has 0 aliphatic heterocycles. The number of methoxy groups -OCH3 is 1. The van der Waals surface area contributed by atoms with Crippen molar-refractivity contribution >= 4 is 26.8 Å². The van der Waals surface area contributed by atoms with Gasteiger partial charge in [-0.3, -0.25) is 9.36 Å². The van der Waals surface area contributed by atoms with E-state index in [1.807, 2.05) is 19.1 Å². The molecule has 1 heterocycles. The molecule has 2 aromatic carbocycles. The van der Waals surface area contributed by atoms with Crippen LogP contribution in [0.5, 0.6) is 5.75 Å². The zero-order valence-electron chi connectivity index (χ0n) is 13.2. The number of nitriles is 1. The predicted octanol–water partition coefficient (Wildman–Crippen LogP) is 3.40. The summed E-state index contributed by atoms with van der Waals surface area (Å²) in [6, 6.07) is 12.7. The van der Waals surface area contributed by atoms with E-state index < -0.39 is 0 Å². The van der Waals surface area contributed by atoms with Gasteiger partial charge in [0.05, 0.1) is 40.7 Å². The Balaban J connectivity index is 2.12. The molecule has 0 atom stereocenters. The summed E-state index contributed by atoms with van der Waals surface area (Å²) in [7, 11) is 1.56. The van der Waals surface area contributed by atoms with Gasteiger partial charge in [0.2, 0.25) is 0 Å². The van der Waals surface area contributed by atoms with Crippen LogP contribution in [-0.2, 0) is 6.54 Å². The van der Waals surface area contributed by atoms with E-state index in [4.69, 9.17) is 10.00 Å². The second-order valence-corrected chi connectivity index (χ2v) is 6.22. The Morgan fingerprint density at radius 1 is 1.29 bits per heavy atom. The molecule has 3 rings (SSSR count). The number of benzene rings is 2. The Hall–Kier alpha value is -2.65. The second kappa shape index (κ2) is 6.46. The van der Waals surface area contributed by atoms with Gasteiger partial charge in [-0.25, -0.2) is 4.98 Å². The van der Waals surface area contributed by atoms with E-state index in [1.54, 1.807) is 35.9 Å². The first-order valence-electron chi connectivity index (χ1n) is 7.27. The van der Waals surface area contributed by atoms with Gasteiger partial charge in [-0.1, -0.05) is 12.1 Å². The highest BCUT2D eigenvalue weighted by Gasteiger charge is 2.12. The molecule has 5 nitrogen and oxygen atoms in total. The number of hydrogen-bond acceptors (Lipinski definition) is 4. The maximum Gasteiger partial charge on any atom is 0.261 e. The summed E-state index contributed by atoms with van der Waals surface area (Å²) in [5, 5.41) is 9.37. The molecular formula is C18H14BrN3O2. The molecule has 0 N–H and O–H groups in total. The summed E-state index contributed by atoms with van der Waals surface area (Å²) in [6.45, 7) is 2.21. The van der Waals surface area contributed by atoms with Crippen molar-refractivity contribution < 1.29 is 4.74 Å². The van der Waals surface area contributed by atoms with Crippen LogP contribution in [0.25, 0.3) is 10.9 Å². The van der Waals surface area contributed by atoms with Crippen molar-refractivity contribution in [2.24, 2.45) is 0 Å². The van der Waals surface area contributed by atoms with E-state index in [2.05, 4.69) is 27.0 Å². The number of nitrogens with zero attached hydrogens (tertiary/aromatic N) is 3. The van der Waals surface area contributed by atoms with Crippen LogP contribution >= 0.6 is 15.9 Å². The highest BCUT2D eigenvalue weighted by Crippen LogP contribution is 2.28. The van der Waals surface area contributed by atoms with Crippen molar-refractivity contribution in [2.45, 2.75) is 13.5 Å². The van der Waals surface area contributed by atoms with E-state index in [1.165, 1.54) is 0 Å². The molecule has 3 aromatic rings. The molecular weight excluding hydrogens is 370 g/mol. The molecule has 0 unspecified atom stereocenters. The van der Waals surface area contributed by atoms with Crippen LogP contribution < -0.4 is 10.3 Å². The molecule has 24 heavy (non-hydrogen) atoms. The highest BCUT2D eigenvalue weighted by atomic mass is 79.9. The maximum atomic E-state index is 12.9.